The maximum Gasteiger partial charge on any atom is 0.336 e. The number of hydrogen-bond acceptors (Lipinski definition) is 8. The molecule has 0 saturated carbocycles. The Labute approximate surface area is 137 Å². The Morgan fingerprint density at radius 1 is 1.04 bits per heavy atom. The third kappa shape index (κ3) is 3.99. The van der Waals surface area contributed by atoms with Crippen LogP contribution in [0.5, 0.6) is 0 Å². The Morgan fingerprint density at radius 2 is 1.71 bits per heavy atom. The predicted molar refractivity (Wildman–Crippen MR) is 83.2 cm³/mol. The molecule has 8 nitrogen and oxygen atoms in total. The van der Waals surface area contributed by atoms with Gasteiger partial charge in [-0.15, -0.1) is 0 Å². The molecule has 1 aromatic heterocycles. The maximum absolute atomic E-state index is 10.9. The molecule has 0 bridgehead atoms. The quantitative estimate of drug-likeness (QED) is 0.411. The zero-order valence-electron chi connectivity index (χ0n) is 12.9. The van der Waals surface area contributed by atoms with Crippen LogP contribution >= 0.6 is 0 Å². The highest BCUT2D eigenvalue weighted by molar-refractivity contribution is 5.79. The van der Waals surface area contributed by atoms with Gasteiger partial charge < -0.3 is 34.7 Å². The minimum atomic E-state index is -1.57. The van der Waals surface area contributed by atoms with E-state index in [-0.39, 0.29) is 5.63 Å². The zero-order valence-corrected chi connectivity index (χ0v) is 12.9. The highest BCUT2D eigenvalue weighted by atomic mass is 16.6. The monoisotopic (exact) mass is 340 g/mol. The van der Waals surface area contributed by atoms with Gasteiger partial charge in [0.25, 0.3) is 0 Å². The molecule has 0 amide bonds. The van der Waals surface area contributed by atoms with Crippen molar-refractivity contribution in [2.75, 3.05) is 6.61 Å². The van der Waals surface area contributed by atoms with Crippen LogP contribution in [0.2, 0.25) is 0 Å². The Bertz CT molecular complexity index is 723. The standard InChI is InChI=1S/C10H8O2.C6H12O6/c1-7-6-10(11)12-9-5-3-2-4-8(7)9;7-1-2-3(8)4(9)5(10)6(11)12-2/h2-6H,1H3;2-11H,1H2/t;2-,3-,4+,5-,6+/m.1/s1. The van der Waals surface area contributed by atoms with Crippen LogP contribution in [0.25, 0.3) is 11.0 Å². The third-order valence-electron chi connectivity index (χ3n) is 3.72. The van der Waals surface area contributed by atoms with Gasteiger partial charge in [0.2, 0.25) is 0 Å². The fraction of sp³-hybridized carbons (Fsp3) is 0.438. The van der Waals surface area contributed by atoms with Crippen molar-refractivity contribution in [3.05, 3.63) is 46.3 Å². The summed E-state index contributed by atoms with van der Waals surface area (Å²) in [6, 6.07) is 9.01. The van der Waals surface area contributed by atoms with E-state index in [9.17, 15) is 4.79 Å². The van der Waals surface area contributed by atoms with Crippen LogP contribution in [-0.2, 0) is 4.74 Å². The molecule has 1 saturated heterocycles. The smallest absolute Gasteiger partial charge is 0.336 e. The molecule has 5 atom stereocenters. The number of benzene rings is 1. The van der Waals surface area contributed by atoms with E-state index in [1.165, 1.54) is 6.07 Å². The Morgan fingerprint density at radius 3 is 2.38 bits per heavy atom. The van der Waals surface area contributed by atoms with Crippen molar-refractivity contribution in [2.24, 2.45) is 0 Å². The first-order valence-electron chi connectivity index (χ1n) is 7.33. The van der Waals surface area contributed by atoms with Gasteiger partial charge in [0.1, 0.15) is 30.0 Å². The summed E-state index contributed by atoms with van der Waals surface area (Å²) < 4.78 is 9.56. The SMILES string of the molecule is Cc1cc(=O)oc2ccccc12.OC[C@H]1O[C@H](O)[C@H](O)[C@@H](O)[C@@H]1O. The van der Waals surface area contributed by atoms with Crippen molar-refractivity contribution in [2.45, 2.75) is 37.6 Å². The molecular formula is C16H20O8. The number of rotatable bonds is 1. The van der Waals surface area contributed by atoms with E-state index in [4.69, 9.17) is 29.9 Å². The minimum Gasteiger partial charge on any atom is -0.423 e. The third-order valence-corrected chi connectivity index (χ3v) is 3.72. The molecule has 3 rings (SSSR count). The van der Waals surface area contributed by atoms with Gasteiger partial charge in [0.05, 0.1) is 6.61 Å². The van der Waals surface area contributed by atoms with Gasteiger partial charge in [-0.25, -0.2) is 4.79 Å². The summed E-state index contributed by atoms with van der Waals surface area (Å²) >= 11 is 0. The molecule has 2 aromatic rings. The Kier molecular flexibility index (Phi) is 6.05. The highest BCUT2D eigenvalue weighted by Crippen LogP contribution is 2.19. The summed E-state index contributed by atoms with van der Waals surface area (Å²) in [5, 5.41) is 45.7. The number of aryl methyl sites for hydroxylation is 1. The zero-order chi connectivity index (χ0) is 17.9. The lowest BCUT2D eigenvalue weighted by atomic mass is 10.00. The van der Waals surface area contributed by atoms with Gasteiger partial charge in [0.15, 0.2) is 6.29 Å². The van der Waals surface area contributed by atoms with Crippen LogP contribution in [0.1, 0.15) is 5.56 Å². The average molecular weight is 340 g/mol. The van der Waals surface area contributed by atoms with E-state index < -0.39 is 37.3 Å². The highest BCUT2D eigenvalue weighted by Gasteiger charge is 2.42. The molecule has 5 N–H and O–H groups in total. The average Bonchev–Trinajstić information content (AvgIpc) is 2.56. The normalized spacial score (nSPS) is 29.8. The second-order valence-electron chi connectivity index (χ2n) is 5.46. The molecule has 2 heterocycles. The number of aliphatic hydroxyl groups is 5. The van der Waals surface area contributed by atoms with Gasteiger partial charge in [-0.3, -0.25) is 0 Å². The van der Waals surface area contributed by atoms with Crippen molar-refractivity contribution in [3.63, 3.8) is 0 Å². The summed E-state index contributed by atoms with van der Waals surface area (Å²) in [7, 11) is 0. The molecule has 1 aliphatic rings. The van der Waals surface area contributed by atoms with Gasteiger partial charge >= 0.3 is 5.63 Å². The van der Waals surface area contributed by atoms with Gasteiger partial charge in [-0.05, 0) is 18.6 Å². The van der Waals surface area contributed by atoms with Crippen LogP contribution < -0.4 is 5.63 Å². The minimum absolute atomic E-state index is 0.286. The predicted octanol–water partition coefficient (Wildman–Crippen LogP) is -1.12. The van der Waals surface area contributed by atoms with E-state index in [1.54, 1.807) is 6.07 Å². The number of ether oxygens (including phenoxy) is 1. The Balaban J connectivity index is 0.000000174. The van der Waals surface area contributed by atoms with Crippen LogP contribution in [-0.4, -0.2) is 62.8 Å². The van der Waals surface area contributed by atoms with E-state index in [2.05, 4.69) is 4.74 Å². The molecule has 132 valence electrons. The lowest BCUT2D eigenvalue weighted by molar-refractivity contribution is -0.286. The molecule has 1 fully saturated rings. The number of fused-ring (bicyclic) bond motifs is 1. The summed E-state index contributed by atoms with van der Waals surface area (Å²) in [6.45, 7) is 1.38. The van der Waals surface area contributed by atoms with Crippen molar-refractivity contribution in [3.8, 4) is 0 Å². The fourth-order valence-electron chi connectivity index (χ4n) is 2.36. The van der Waals surface area contributed by atoms with Crippen molar-refractivity contribution >= 4 is 11.0 Å². The fourth-order valence-corrected chi connectivity index (χ4v) is 2.36. The molecule has 0 aliphatic carbocycles. The first kappa shape index (κ1) is 18.5. The van der Waals surface area contributed by atoms with Gasteiger partial charge in [-0.1, -0.05) is 18.2 Å². The summed E-state index contributed by atoms with van der Waals surface area (Å²) in [6.07, 6.45) is -7.04. The Hall–Kier alpha value is -1.81. The van der Waals surface area contributed by atoms with Crippen LogP contribution in [0.4, 0.5) is 0 Å². The molecule has 0 spiro atoms. The second kappa shape index (κ2) is 7.84. The van der Waals surface area contributed by atoms with Gasteiger partial charge in [-0.2, -0.15) is 0 Å². The number of aliphatic hydroxyl groups excluding tert-OH is 5. The number of hydrogen-bond donors (Lipinski definition) is 5. The van der Waals surface area contributed by atoms with Crippen LogP contribution in [0.15, 0.2) is 39.5 Å². The first-order chi connectivity index (χ1) is 11.3. The summed E-state index contributed by atoms with van der Waals surface area (Å²) in [5.41, 5.74) is 1.33. The lowest BCUT2D eigenvalue weighted by Gasteiger charge is -2.37. The summed E-state index contributed by atoms with van der Waals surface area (Å²) in [4.78, 5) is 10.9. The molecule has 1 aromatic carbocycles. The lowest BCUT2D eigenvalue weighted by Crippen LogP contribution is -2.58. The van der Waals surface area contributed by atoms with Crippen LogP contribution in [0, 0.1) is 6.92 Å². The van der Waals surface area contributed by atoms with E-state index >= 15 is 0 Å². The molecular weight excluding hydrogens is 320 g/mol. The maximum atomic E-state index is 10.9. The molecule has 1 aliphatic heterocycles. The topological polar surface area (TPSA) is 141 Å². The molecule has 8 heteroatoms. The first-order valence-corrected chi connectivity index (χ1v) is 7.33. The largest absolute Gasteiger partial charge is 0.423 e. The molecule has 0 unspecified atom stereocenters. The summed E-state index contributed by atoms with van der Waals surface area (Å²) in [5.74, 6) is 0. The van der Waals surface area contributed by atoms with Gasteiger partial charge in [0, 0.05) is 11.5 Å². The van der Waals surface area contributed by atoms with E-state index in [0.717, 1.165) is 10.9 Å². The van der Waals surface area contributed by atoms with Crippen LogP contribution in [0.3, 0.4) is 0 Å². The molecule has 0 radical (unpaired) electrons. The van der Waals surface area contributed by atoms with E-state index in [1.807, 2.05) is 25.1 Å². The molecule has 24 heavy (non-hydrogen) atoms. The van der Waals surface area contributed by atoms with Crippen molar-refractivity contribution in [1.29, 1.82) is 0 Å². The van der Waals surface area contributed by atoms with E-state index in [0.29, 0.717) is 5.58 Å². The van der Waals surface area contributed by atoms with Crippen molar-refractivity contribution < 1.29 is 34.7 Å². The van der Waals surface area contributed by atoms with Crippen molar-refractivity contribution in [1.82, 2.24) is 0 Å². The number of para-hydroxylation sites is 1. The second-order valence-corrected chi connectivity index (χ2v) is 5.46.